The Kier molecular flexibility index (Phi) is 5.60. The largest absolute Gasteiger partial charge is 0.378 e. The third-order valence-corrected chi connectivity index (χ3v) is 4.74. The lowest BCUT2D eigenvalue weighted by molar-refractivity contribution is 0.122. The first-order chi connectivity index (χ1) is 9.26. The van der Waals surface area contributed by atoms with Crippen molar-refractivity contribution in [2.24, 2.45) is 0 Å². The zero-order valence-electron chi connectivity index (χ0n) is 12.2. The summed E-state index contributed by atoms with van der Waals surface area (Å²) in [6.45, 7) is 12.2. The molecule has 1 fully saturated rings. The van der Waals surface area contributed by atoms with E-state index in [4.69, 9.17) is 9.72 Å². The maximum Gasteiger partial charge on any atom is 0.185 e. The highest BCUT2D eigenvalue weighted by atomic mass is 32.1. The van der Waals surface area contributed by atoms with Crippen molar-refractivity contribution in [3.05, 3.63) is 10.6 Å². The van der Waals surface area contributed by atoms with Gasteiger partial charge in [0.15, 0.2) is 5.13 Å². The van der Waals surface area contributed by atoms with E-state index in [0.717, 1.165) is 45.8 Å². The minimum atomic E-state index is 0.541. The molecule has 4 nitrogen and oxygen atoms in total. The molecule has 5 heteroatoms. The third kappa shape index (κ3) is 3.68. The Morgan fingerprint density at radius 1 is 1.37 bits per heavy atom. The molecule has 1 N–H and O–H groups in total. The zero-order chi connectivity index (χ0) is 13.7. The van der Waals surface area contributed by atoms with Crippen molar-refractivity contribution in [1.29, 1.82) is 0 Å². The van der Waals surface area contributed by atoms with E-state index in [2.05, 4.69) is 31.0 Å². The smallest absolute Gasteiger partial charge is 0.185 e. The van der Waals surface area contributed by atoms with Gasteiger partial charge in [-0.2, -0.15) is 0 Å². The molecule has 0 spiro atoms. The Hall–Kier alpha value is -0.650. The van der Waals surface area contributed by atoms with Crippen LogP contribution in [0, 0.1) is 0 Å². The van der Waals surface area contributed by atoms with Gasteiger partial charge in [0.1, 0.15) is 0 Å². The lowest BCUT2D eigenvalue weighted by atomic mass is 10.0. The molecule has 0 amide bonds. The molecule has 108 valence electrons. The monoisotopic (exact) mass is 283 g/mol. The van der Waals surface area contributed by atoms with Crippen molar-refractivity contribution in [2.75, 3.05) is 37.7 Å². The fraction of sp³-hybridized carbons (Fsp3) is 0.786. The Morgan fingerprint density at radius 3 is 2.74 bits per heavy atom. The second kappa shape index (κ2) is 7.22. The maximum atomic E-state index is 5.41. The molecular formula is C14H25N3OS. The third-order valence-electron chi connectivity index (χ3n) is 3.61. The highest BCUT2D eigenvalue weighted by molar-refractivity contribution is 7.15. The van der Waals surface area contributed by atoms with Crippen LogP contribution in [-0.2, 0) is 11.3 Å². The summed E-state index contributed by atoms with van der Waals surface area (Å²) in [6.07, 6.45) is 1.14. The minimum absolute atomic E-state index is 0.541. The average molecular weight is 283 g/mol. The quantitative estimate of drug-likeness (QED) is 0.871. The predicted octanol–water partition coefficient (Wildman–Crippen LogP) is 2.60. The number of hydrogen-bond acceptors (Lipinski definition) is 5. The number of hydrogen-bond donors (Lipinski definition) is 1. The van der Waals surface area contributed by atoms with Crippen molar-refractivity contribution in [1.82, 2.24) is 10.3 Å². The van der Waals surface area contributed by atoms with Crippen molar-refractivity contribution in [2.45, 2.75) is 39.7 Å². The van der Waals surface area contributed by atoms with Gasteiger partial charge in [0, 0.05) is 24.5 Å². The van der Waals surface area contributed by atoms with Crippen LogP contribution in [0.25, 0.3) is 0 Å². The number of thiazole rings is 1. The van der Waals surface area contributed by atoms with Crippen LogP contribution in [0.15, 0.2) is 0 Å². The number of nitrogens with zero attached hydrogens (tertiary/aromatic N) is 2. The van der Waals surface area contributed by atoms with Gasteiger partial charge >= 0.3 is 0 Å². The molecule has 1 aliphatic rings. The van der Waals surface area contributed by atoms with Gasteiger partial charge in [-0.05, 0) is 18.9 Å². The second-order valence-electron chi connectivity index (χ2n) is 4.99. The summed E-state index contributed by atoms with van der Waals surface area (Å²) in [5.74, 6) is 0.541. The van der Waals surface area contributed by atoms with E-state index in [-0.39, 0.29) is 0 Å². The van der Waals surface area contributed by atoms with Crippen molar-refractivity contribution >= 4 is 16.5 Å². The van der Waals surface area contributed by atoms with Crippen LogP contribution in [0.2, 0.25) is 0 Å². The van der Waals surface area contributed by atoms with Crippen LogP contribution in [0.3, 0.4) is 0 Å². The van der Waals surface area contributed by atoms with E-state index in [9.17, 15) is 0 Å². The summed E-state index contributed by atoms with van der Waals surface area (Å²) in [5, 5.41) is 4.60. The molecule has 1 aliphatic heterocycles. The first-order valence-electron chi connectivity index (χ1n) is 7.29. The van der Waals surface area contributed by atoms with Crippen molar-refractivity contribution in [3.8, 4) is 0 Å². The van der Waals surface area contributed by atoms with Crippen LogP contribution in [0.5, 0.6) is 0 Å². The van der Waals surface area contributed by atoms with Gasteiger partial charge in [-0.15, -0.1) is 11.3 Å². The number of morpholine rings is 1. The molecule has 2 rings (SSSR count). The van der Waals surface area contributed by atoms with Crippen LogP contribution in [-0.4, -0.2) is 37.8 Å². The molecule has 2 heterocycles. The summed E-state index contributed by atoms with van der Waals surface area (Å²) in [7, 11) is 0. The number of anilines is 1. The number of rotatable bonds is 6. The van der Waals surface area contributed by atoms with Gasteiger partial charge in [0.05, 0.1) is 18.9 Å². The molecule has 0 saturated carbocycles. The fourth-order valence-corrected chi connectivity index (χ4v) is 3.39. The Labute approximate surface area is 120 Å². The topological polar surface area (TPSA) is 37.4 Å². The first-order valence-corrected chi connectivity index (χ1v) is 8.10. The van der Waals surface area contributed by atoms with Crippen LogP contribution >= 0.6 is 11.3 Å². The number of ether oxygens (including phenoxy) is 1. The molecule has 1 saturated heterocycles. The molecular weight excluding hydrogens is 258 g/mol. The lowest BCUT2D eigenvalue weighted by Gasteiger charge is -2.26. The van der Waals surface area contributed by atoms with E-state index in [1.807, 2.05) is 11.3 Å². The summed E-state index contributed by atoms with van der Waals surface area (Å²) >= 11 is 1.85. The molecule has 0 aliphatic carbocycles. The van der Waals surface area contributed by atoms with Gasteiger partial charge in [-0.25, -0.2) is 4.98 Å². The SMILES string of the molecule is CCNCc1sc(N2CCOCC2)nc1C(C)CC. The minimum Gasteiger partial charge on any atom is -0.378 e. The van der Waals surface area contributed by atoms with Gasteiger partial charge in [-0.1, -0.05) is 20.8 Å². The van der Waals surface area contributed by atoms with E-state index in [1.165, 1.54) is 15.7 Å². The fourth-order valence-electron chi connectivity index (χ4n) is 2.18. The molecule has 1 aromatic rings. The van der Waals surface area contributed by atoms with E-state index in [0.29, 0.717) is 5.92 Å². The Balaban J connectivity index is 2.17. The van der Waals surface area contributed by atoms with Crippen LogP contribution < -0.4 is 10.2 Å². The second-order valence-corrected chi connectivity index (χ2v) is 6.06. The van der Waals surface area contributed by atoms with Gasteiger partial charge in [-0.3, -0.25) is 0 Å². The normalized spacial score (nSPS) is 17.7. The summed E-state index contributed by atoms with van der Waals surface area (Å²) in [5.41, 5.74) is 1.29. The molecule has 0 radical (unpaired) electrons. The molecule has 1 aromatic heterocycles. The van der Waals surface area contributed by atoms with Gasteiger partial charge in [0.2, 0.25) is 0 Å². The zero-order valence-corrected chi connectivity index (χ0v) is 13.1. The standard InChI is InChI=1S/C14H25N3OS/c1-4-11(3)13-12(10-15-5-2)19-14(16-13)17-6-8-18-9-7-17/h11,15H,4-10H2,1-3H3. The van der Waals surface area contributed by atoms with Crippen molar-refractivity contribution in [3.63, 3.8) is 0 Å². The molecule has 0 aromatic carbocycles. The van der Waals surface area contributed by atoms with Crippen LogP contribution in [0.1, 0.15) is 43.7 Å². The van der Waals surface area contributed by atoms with E-state index >= 15 is 0 Å². The van der Waals surface area contributed by atoms with Gasteiger partial charge in [0.25, 0.3) is 0 Å². The Bertz CT molecular complexity index is 388. The predicted molar refractivity (Wildman–Crippen MR) is 81.2 cm³/mol. The van der Waals surface area contributed by atoms with Crippen LogP contribution in [0.4, 0.5) is 5.13 Å². The van der Waals surface area contributed by atoms with Gasteiger partial charge < -0.3 is 15.0 Å². The average Bonchev–Trinajstić information content (AvgIpc) is 2.89. The van der Waals surface area contributed by atoms with Crippen molar-refractivity contribution < 1.29 is 4.74 Å². The highest BCUT2D eigenvalue weighted by Crippen LogP contribution is 2.32. The molecule has 19 heavy (non-hydrogen) atoms. The number of nitrogens with one attached hydrogen (secondary N) is 1. The summed E-state index contributed by atoms with van der Waals surface area (Å²) < 4.78 is 5.41. The first kappa shape index (κ1) is 14.8. The maximum absolute atomic E-state index is 5.41. The molecule has 0 bridgehead atoms. The lowest BCUT2D eigenvalue weighted by Crippen LogP contribution is -2.36. The molecule has 1 unspecified atom stereocenters. The highest BCUT2D eigenvalue weighted by Gasteiger charge is 2.20. The van der Waals surface area contributed by atoms with E-state index in [1.54, 1.807) is 0 Å². The molecule has 1 atom stereocenters. The van der Waals surface area contributed by atoms with E-state index < -0.39 is 0 Å². The Morgan fingerprint density at radius 2 is 2.11 bits per heavy atom. The number of aromatic nitrogens is 1. The summed E-state index contributed by atoms with van der Waals surface area (Å²) in [4.78, 5) is 8.66. The summed E-state index contributed by atoms with van der Waals surface area (Å²) in [6, 6.07) is 0.